The minimum atomic E-state index is -0.984. The monoisotopic (exact) mass is 221 g/mol. The van der Waals surface area contributed by atoms with Crippen LogP contribution in [0.4, 0.5) is 0 Å². The van der Waals surface area contributed by atoms with Crippen LogP contribution in [0.5, 0.6) is 0 Å². The van der Waals surface area contributed by atoms with Crippen molar-refractivity contribution in [1.29, 1.82) is 0 Å². The summed E-state index contributed by atoms with van der Waals surface area (Å²) in [4.78, 5) is 15.1. The van der Waals surface area contributed by atoms with Crippen molar-refractivity contribution in [3.8, 4) is 0 Å². The molecule has 0 unspecified atom stereocenters. The molecule has 0 saturated heterocycles. The largest absolute Gasteiger partial charge is 0.478 e. The number of aromatic nitrogens is 1. The fourth-order valence-corrected chi connectivity index (χ4v) is 1.70. The summed E-state index contributed by atoms with van der Waals surface area (Å²) in [6.07, 6.45) is 0. The number of benzene rings is 1. The van der Waals surface area contributed by atoms with E-state index < -0.39 is 5.97 Å². The molecule has 2 aromatic rings. The number of hydrogen-bond donors (Lipinski definition) is 1. The lowest BCUT2D eigenvalue weighted by molar-refractivity contribution is 0.0696. The molecule has 3 nitrogen and oxygen atoms in total. The van der Waals surface area contributed by atoms with Crippen molar-refractivity contribution in [2.75, 3.05) is 0 Å². The molecule has 1 N–H and O–H groups in total. The number of aromatic carboxylic acids is 1. The molecule has 0 atom stereocenters. The van der Waals surface area contributed by atoms with Crippen LogP contribution in [0.15, 0.2) is 24.3 Å². The zero-order chi connectivity index (χ0) is 11.0. The number of fused-ring (bicyclic) bond motifs is 1. The molecule has 0 saturated carbocycles. The number of aryl methyl sites for hydroxylation is 1. The van der Waals surface area contributed by atoms with E-state index in [0.29, 0.717) is 21.6 Å². The van der Waals surface area contributed by atoms with Gasteiger partial charge >= 0.3 is 5.97 Å². The van der Waals surface area contributed by atoms with E-state index in [4.69, 9.17) is 16.7 Å². The van der Waals surface area contributed by atoms with E-state index in [0.717, 1.165) is 0 Å². The van der Waals surface area contributed by atoms with E-state index in [1.807, 2.05) is 0 Å². The van der Waals surface area contributed by atoms with Crippen LogP contribution >= 0.6 is 11.6 Å². The third-order valence-corrected chi connectivity index (χ3v) is 2.56. The lowest BCUT2D eigenvalue weighted by Gasteiger charge is -2.04. The molecule has 2 rings (SSSR count). The summed E-state index contributed by atoms with van der Waals surface area (Å²) in [5, 5.41) is 10.1. The molecule has 0 bridgehead atoms. The van der Waals surface area contributed by atoms with Gasteiger partial charge in [-0.1, -0.05) is 17.7 Å². The average molecular weight is 222 g/mol. The summed E-state index contributed by atoms with van der Waals surface area (Å²) in [5.74, 6) is -0.984. The zero-order valence-corrected chi connectivity index (χ0v) is 8.75. The van der Waals surface area contributed by atoms with Crippen LogP contribution in [0.25, 0.3) is 10.9 Å². The summed E-state index contributed by atoms with van der Waals surface area (Å²) >= 11 is 5.95. The summed E-state index contributed by atoms with van der Waals surface area (Å²) in [7, 11) is 0. The highest BCUT2D eigenvalue weighted by Crippen LogP contribution is 2.24. The molecule has 0 aliphatic carbocycles. The van der Waals surface area contributed by atoms with Crippen LogP contribution in [0, 0.1) is 6.92 Å². The molecular formula is C11H8ClNO2. The van der Waals surface area contributed by atoms with E-state index >= 15 is 0 Å². The molecular weight excluding hydrogens is 214 g/mol. The first-order chi connectivity index (χ1) is 7.09. The maximum absolute atomic E-state index is 10.9. The van der Waals surface area contributed by atoms with E-state index in [1.165, 1.54) is 0 Å². The van der Waals surface area contributed by atoms with Gasteiger partial charge in [0.1, 0.15) is 0 Å². The van der Waals surface area contributed by atoms with Crippen LogP contribution in [0.3, 0.4) is 0 Å². The van der Waals surface area contributed by atoms with Gasteiger partial charge in [-0.05, 0) is 25.1 Å². The first-order valence-corrected chi connectivity index (χ1v) is 4.76. The number of carboxylic acid groups (broad SMARTS) is 1. The van der Waals surface area contributed by atoms with Crippen molar-refractivity contribution in [1.82, 2.24) is 4.98 Å². The Kier molecular flexibility index (Phi) is 2.32. The van der Waals surface area contributed by atoms with E-state index in [9.17, 15) is 4.79 Å². The van der Waals surface area contributed by atoms with Crippen LogP contribution < -0.4 is 0 Å². The molecule has 1 heterocycles. The summed E-state index contributed by atoms with van der Waals surface area (Å²) in [6.45, 7) is 1.67. The van der Waals surface area contributed by atoms with E-state index in [2.05, 4.69) is 4.98 Å². The standard InChI is InChI=1S/C11H8ClNO2/c1-6-7(11(14)15)5-8-9(12)3-2-4-10(8)13-6/h2-5H,1H3,(H,14,15). The van der Waals surface area contributed by atoms with Gasteiger partial charge in [0.2, 0.25) is 0 Å². The number of nitrogens with zero attached hydrogens (tertiary/aromatic N) is 1. The topological polar surface area (TPSA) is 50.2 Å². The predicted molar refractivity (Wildman–Crippen MR) is 58.4 cm³/mol. The Morgan fingerprint density at radius 3 is 2.87 bits per heavy atom. The maximum atomic E-state index is 10.9. The highest BCUT2D eigenvalue weighted by atomic mass is 35.5. The maximum Gasteiger partial charge on any atom is 0.337 e. The van der Waals surface area contributed by atoms with Crippen LogP contribution in [0.1, 0.15) is 16.1 Å². The van der Waals surface area contributed by atoms with Crippen molar-refractivity contribution in [3.63, 3.8) is 0 Å². The average Bonchev–Trinajstić information content (AvgIpc) is 2.16. The Balaban J connectivity index is 2.83. The lowest BCUT2D eigenvalue weighted by Crippen LogP contribution is -2.01. The van der Waals surface area contributed by atoms with Crippen LogP contribution in [-0.4, -0.2) is 16.1 Å². The highest BCUT2D eigenvalue weighted by Gasteiger charge is 2.10. The first-order valence-electron chi connectivity index (χ1n) is 4.39. The van der Waals surface area contributed by atoms with Crippen molar-refractivity contribution in [3.05, 3.63) is 40.5 Å². The number of halogens is 1. The Morgan fingerprint density at radius 1 is 1.47 bits per heavy atom. The minimum Gasteiger partial charge on any atom is -0.478 e. The van der Waals surface area contributed by atoms with Gasteiger partial charge in [0, 0.05) is 10.4 Å². The Labute approximate surface area is 91.3 Å². The number of carboxylic acids is 1. The second-order valence-corrected chi connectivity index (χ2v) is 3.64. The van der Waals surface area contributed by atoms with Gasteiger partial charge in [-0.3, -0.25) is 4.98 Å². The van der Waals surface area contributed by atoms with Crippen molar-refractivity contribution >= 4 is 28.5 Å². The molecule has 0 fully saturated rings. The van der Waals surface area contributed by atoms with Gasteiger partial charge in [0.25, 0.3) is 0 Å². The number of pyridine rings is 1. The van der Waals surface area contributed by atoms with Gasteiger partial charge < -0.3 is 5.11 Å². The fraction of sp³-hybridized carbons (Fsp3) is 0.0909. The van der Waals surface area contributed by atoms with Crippen molar-refractivity contribution in [2.24, 2.45) is 0 Å². The summed E-state index contributed by atoms with van der Waals surface area (Å²) in [6, 6.07) is 6.87. The number of carbonyl (C=O) groups is 1. The molecule has 0 aliphatic rings. The Bertz CT molecular complexity index is 552. The first kappa shape index (κ1) is 9.93. The molecule has 0 amide bonds. The van der Waals surface area contributed by atoms with Crippen LogP contribution in [0.2, 0.25) is 5.02 Å². The van der Waals surface area contributed by atoms with E-state index in [-0.39, 0.29) is 5.56 Å². The fourth-order valence-electron chi connectivity index (χ4n) is 1.47. The molecule has 4 heteroatoms. The van der Waals surface area contributed by atoms with Crippen molar-refractivity contribution < 1.29 is 9.90 Å². The van der Waals surface area contributed by atoms with Gasteiger partial charge in [0.15, 0.2) is 0 Å². The SMILES string of the molecule is Cc1nc2cccc(Cl)c2cc1C(=O)O. The van der Waals surface area contributed by atoms with Gasteiger partial charge in [-0.2, -0.15) is 0 Å². The minimum absolute atomic E-state index is 0.190. The summed E-state index contributed by atoms with van der Waals surface area (Å²) in [5.41, 5.74) is 1.40. The van der Waals surface area contributed by atoms with Crippen LogP contribution in [-0.2, 0) is 0 Å². The lowest BCUT2D eigenvalue weighted by atomic mass is 10.1. The number of hydrogen-bond acceptors (Lipinski definition) is 2. The summed E-state index contributed by atoms with van der Waals surface area (Å²) < 4.78 is 0. The normalized spacial score (nSPS) is 10.5. The van der Waals surface area contributed by atoms with Crippen molar-refractivity contribution in [2.45, 2.75) is 6.92 Å². The molecule has 1 aromatic heterocycles. The third kappa shape index (κ3) is 1.66. The Morgan fingerprint density at radius 2 is 2.20 bits per heavy atom. The van der Waals surface area contributed by atoms with E-state index in [1.54, 1.807) is 31.2 Å². The van der Waals surface area contributed by atoms with Gasteiger partial charge in [0.05, 0.1) is 16.8 Å². The second-order valence-electron chi connectivity index (χ2n) is 3.23. The Hall–Kier alpha value is -1.61. The predicted octanol–water partition coefficient (Wildman–Crippen LogP) is 2.89. The van der Waals surface area contributed by atoms with Gasteiger partial charge in [-0.25, -0.2) is 4.79 Å². The van der Waals surface area contributed by atoms with Gasteiger partial charge in [-0.15, -0.1) is 0 Å². The highest BCUT2D eigenvalue weighted by molar-refractivity contribution is 6.35. The molecule has 15 heavy (non-hydrogen) atoms. The molecule has 1 aromatic carbocycles. The third-order valence-electron chi connectivity index (χ3n) is 2.23. The zero-order valence-electron chi connectivity index (χ0n) is 7.99. The molecule has 0 spiro atoms. The molecule has 76 valence electrons. The number of rotatable bonds is 1. The quantitative estimate of drug-likeness (QED) is 0.806. The smallest absolute Gasteiger partial charge is 0.337 e. The molecule has 0 aliphatic heterocycles. The molecule has 0 radical (unpaired) electrons. The second kappa shape index (κ2) is 3.51.